The topological polar surface area (TPSA) is 29.5 Å². The lowest BCUT2D eigenvalue weighted by Crippen LogP contribution is -2.45. The first-order valence-electron chi connectivity index (χ1n) is 10.4. The third-order valence-electron chi connectivity index (χ3n) is 6.50. The third-order valence-corrected chi connectivity index (χ3v) is 6.50. The lowest BCUT2D eigenvalue weighted by molar-refractivity contribution is 0.0601. The minimum atomic E-state index is -0.306. The second kappa shape index (κ2) is 6.88. The summed E-state index contributed by atoms with van der Waals surface area (Å²) >= 11 is 0. The van der Waals surface area contributed by atoms with Crippen molar-refractivity contribution in [2.45, 2.75) is 31.7 Å². The molecule has 30 heavy (non-hydrogen) atoms. The standard InChI is InChI=1S/C27H25NO2/c1-27(2)22-11-7-8-12-23(22)28(20-9-5-4-6-10-20)24-16-14-18-17-19(26(29)30-3)13-15-21(18)25(24)27/h4-11,13-17,23H,12H2,1-3H3. The van der Waals surface area contributed by atoms with Gasteiger partial charge in [-0.3, -0.25) is 0 Å². The summed E-state index contributed by atoms with van der Waals surface area (Å²) in [6, 6.07) is 21.1. The van der Waals surface area contributed by atoms with Gasteiger partial charge >= 0.3 is 5.97 Å². The summed E-state index contributed by atoms with van der Waals surface area (Å²) in [5.74, 6) is -0.306. The van der Waals surface area contributed by atoms with E-state index in [1.807, 2.05) is 12.1 Å². The van der Waals surface area contributed by atoms with Crippen molar-refractivity contribution >= 4 is 28.1 Å². The Kier molecular flexibility index (Phi) is 4.28. The van der Waals surface area contributed by atoms with E-state index >= 15 is 0 Å². The summed E-state index contributed by atoms with van der Waals surface area (Å²) in [6.45, 7) is 4.64. The molecule has 0 saturated carbocycles. The molecule has 5 rings (SSSR count). The van der Waals surface area contributed by atoms with Crippen LogP contribution in [0.2, 0.25) is 0 Å². The van der Waals surface area contributed by atoms with Crippen LogP contribution in [0.25, 0.3) is 10.8 Å². The van der Waals surface area contributed by atoms with E-state index in [-0.39, 0.29) is 11.4 Å². The van der Waals surface area contributed by atoms with Crippen LogP contribution in [0.4, 0.5) is 11.4 Å². The van der Waals surface area contributed by atoms with Gasteiger partial charge in [-0.1, -0.05) is 62.4 Å². The van der Waals surface area contributed by atoms with Crippen LogP contribution in [0, 0.1) is 0 Å². The molecular weight excluding hydrogens is 370 g/mol. The summed E-state index contributed by atoms with van der Waals surface area (Å²) in [5.41, 5.74) is 5.62. The van der Waals surface area contributed by atoms with Crippen LogP contribution in [0.15, 0.2) is 84.5 Å². The summed E-state index contributed by atoms with van der Waals surface area (Å²) in [5, 5.41) is 2.24. The Hall–Kier alpha value is -3.33. The van der Waals surface area contributed by atoms with E-state index in [9.17, 15) is 4.79 Å². The quantitative estimate of drug-likeness (QED) is 0.476. The van der Waals surface area contributed by atoms with Gasteiger partial charge in [0.25, 0.3) is 0 Å². The van der Waals surface area contributed by atoms with Crippen LogP contribution in [-0.2, 0) is 10.2 Å². The van der Waals surface area contributed by atoms with Crippen molar-refractivity contribution < 1.29 is 9.53 Å². The molecule has 0 N–H and O–H groups in total. The molecule has 1 heterocycles. The van der Waals surface area contributed by atoms with Crippen LogP contribution in [0.1, 0.15) is 36.2 Å². The number of hydrogen-bond acceptors (Lipinski definition) is 3. The van der Waals surface area contributed by atoms with Crippen molar-refractivity contribution in [3.63, 3.8) is 0 Å². The summed E-state index contributed by atoms with van der Waals surface area (Å²) < 4.78 is 4.92. The van der Waals surface area contributed by atoms with Crippen molar-refractivity contribution in [2.75, 3.05) is 12.0 Å². The van der Waals surface area contributed by atoms with E-state index in [4.69, 9.17) is 4.74 Å². The third kappa shape index (κ3) is 2.69. The van der Waals surface area contributed by atoms with Crippen LogP contribution in [-0.4, -0.2) is 19.1 Å². The Morgan fingerprint density at radius 1 is 1.07 bits per heavy atom. The minimum absolute atomic E-state index is 0.123. The molecule has 0 fully saturated rings. The number of nitrogens with zero attached hydrogens (tertiary/aromatic N) is 1. The molecule has 0 spiro atoms. The van der Waals surface area contributed by atoms with Crippen LogP contribution in [0.3, 0.4) is 0 Å². The minimum Gasteiger partial charge on any atom is -0.465 e. The summed E-state index contributed by atoms with van der Waals surface area (Å²) in [6.07, 6.45) is 7.72. The van der Waals surface area contributed by atoms with Crippen molar-refractivity contribution in [1.82, 2.24) is 0 Å². The highest BCUT2D eigenvalue weighted by Crippen LogP contribution is 2.52. The number of allylic oxidation sites excluding steroid dienone is 2. The van der Waals surface area contributed by atoms with Gasteiger partial charge < -0.3 is 9.64 Å². The normalized spacial score (nSPS) is 19.1. The largest absolute Gasteiger partial charge is 0.465 e. The number of carbonyl (C=O) groups is 1. The molecule has 0 radical (unpaired) electrons. The van der Waals surface area contributed by atoms with E-state index in [0.717, 1.165) is 11.8 Å². The lowest BCUT2D eigenvalue weighted by atomic mass is 9.67. The van der Waals surface area contributed by atoms with E-state index in [1.54, 1.807) is 0 Å². The second-order valence-electron chi connectivity index (χ2n) is 8.52. The highest BCUT2D eigenvalue weighted by Gasteiger charge is 2.43. The summed E-state index contributed by atoms with van der Waals surface area (Å²) in [7, 11) is 1.42. The zero-order valence-electron chi connectivity index (χ0n) is 17.6. The predicted octanol–water partition coefficient (Wildman–Crippen LogP) is 6.31. The van der Waals surface area contributed by atoms with E-state index in [1.165, 1.54) is 35.0 Å². The molecule has 3 heteroatoms. The average Bonchev–Trinajstić information content (AvgIpc) is 2.78. The Balaban J connectivity index is 1.81. The molecule has 3 aromatic rings. The van der Waals surface area contributed by atoms with Crippen molar-refractivity contribution in [1.29, 1.82) is 0 Å². The van der Waals surface area contributed by atoms with Crippen LogP contribution < -0.4 is 4.90 Å². The Bertz CT molecular complexity index is 1200. The maximum absolute atomic E-state index is 12.1. The van der Waals surface area contributed by atoms with Crippen molar-refractivity contribution in [3.05, 3.63) is 95.6 Å². The maximum Gasteiger partial charge on any atom is 0.337 e. The Morgan fingerprint density at radius 2 is 1.87 bits per heavy atom. The van der Waals surface area contributed by atoms with Crippen LogP contribution >= 0.6 is 0 Å². The fourth-order valence-electron chi connectivity index (χ4n) is 5.13. The second-order valence-corrected chi connectivity index (χ2v) is 8.52. The number of esters is 1. The zero-order chi connectivity index (χ0) is 20.9. The molecule has 1 aliphatic carbocycles. The fraction of sp³-hybridized carbons (Fsp3) is 0.222. The van der Waals surface area contributed by atoms with Crippen LogP contribution in [0.5, 0.6) is 0 Å². The number of anilines is 2. The Labute approximate surface area is 177 Å². The van der Waals surface area contributed by atoms with Gasteiger partial charge in [0, 0.05) is 16.8 Å². The molecule has 2 aliphatic rings. The molecule has 0 aromatic heterocycles. The molecule has 0 bridgehead atoms. The van der Waals surface area contributed by atoms with E-state index < -0.39 is 0 Å². The van der Waals surface area contributed by atoms with Gasteiger partial charge in [0.1, 0.15) is 0 Å². The smallest absolute Gasteiger partial charge is 0.337 e. The number of methoxy groups -OCH3 is 1. The maximum atomic E-state index is 12.1. The zero-order valence-corrected chi connectivity index (χ0v) is 17.6. The summed E-state index contributed by atoms with van der Waals surface area (Å²) in [4.78, 5) is 14.5. The first-order valence-corrected chi connectivity index (χ1v) is 10.4. The number of carbonyl (C=O) groups excluding carboxylic acids is 1. The predicted molar refractivity (Wildman–Crippen MR) is 123 cm³/mol. The van der Waals surface area contributed by atoms with Gasteiger partial charge in [0.15, 0.2) is 0 Å². The van der Waals surface area contributed by atoms with Crippen molar-refractivity contribution in [2.24, 2.45) is 0 Å². The Morgan fingerprint density at radius 3 is 2.63 bits per heavy atom. The van der Waals surface area contributed by atoms with Gasteiger partial charge in [-0.05, 0) is 58.7 Å². The van der Waals surface area contributed by atoms with Crippen molar-refractivity contribution in [3.8, 4) is 0 Å². The number of benzene rings is 3. The number of rotatable bonds is 2. The average molecular weight is 396 g/mol. The fourth-order valence-corrected chi connectivity index (χ4v) is 5.13. The van der Waals surface area contributed by atoms with Gasteiger partial charge in [-0.2, -0.15) is 0 Å². The molecule has 150 valence electrons. The first-order chi connectivity index (χ1) is 14.5. The molecule has 3 aromatic carbocycles. The highest BCUT2D eigenvalue weighted by atomic mass is 16.5. The monoisotopic (exact) mass is 395 g/mol. The molecule has 1 unspecified atom stereocenters. The van der Waals surface area contributed by atoms with Gasteiger partial charge in [0.05, 0.1) is 18.7 Å². The number of ether oxygens (including phenoxy) is 1. The van der Waals surface area contributed by atoms with E-state index in [2.05, 4.69) is 85.5 Å². The molecule has 3 nitrogen and oxygen atoms in total. The molecule has 1 aliphatic heterocycles. The SMILES string of the molecule is COC(=O)c1ccc2c3c(ccc2c1)N(c1ccccc1)C1CC=CC=C1C3(C)C. The highest BCUT2D eigenvalue weighted by molar-refractivity contribution is 6.00. The number of hydrogen-bond donors (Lipinski definition) is 0. The molecular formula is C27H25NO2. The first kappa shape index (κ1) is 18.7. The number of fused-ring (bicyclic) bond motifs is 4. The molecule has 0 amide bonds. The van der Waals surface area contributed by atoms with Gasteiger partial charge in [-0.25, -0.2) is 4.79 Å². The van der Waals surface area contributed by atoms with Gasteiger partial charge in [0.2, 0.25) is 0 Å². The molecule has 1 atom stereocenters. The molecule has 0 saturated heterocycles. The van der Waals surface area contributed by atoms with Gasteiger partial charge in [-0.15, -0.1) is 0 Å². The number of para-hydroxylation sites is 1. The van der Waals surface area contributed by atoms with E-state index in [0.29, 0.717) is 11.6 Å². The lowest BCUT2D eigenvalue weighted by Gasteiger charge is -2.49.